The van der Waals surface area contributed by atoms with Crippen LogP contribution in [0.15, 0.2) is 30.3 Å². The molecule has 4 heteroatoms. The van der Waals surface area contributed by atoms with Gasteiger partial charge in [-0.1, -0.05) is 30.3 Å². The van der Waals surface area contributed by atoms with Crippen molar-refractivity contribution in [2.75, 3.05) is 6.38 Å². The number of carboxylic acid groups (broad SMARTS) is 1. The standard InChI is InChI=1S/C10H13NO2.CH3Cl/c11-9(7-10(12)13)6-8-4-2-1-3-5-8;1-2/h1-5,9H,6-7,11H2,(H,12,13);1H3/t9-;/m0./s1. The van der Waals surface area contributed by atoms with Gasteiger partial charge in [0.15, 0.2) is 0 Å². The zero-order valence-corrected chi connectivity index (χ0v) is 9.45. The summed E-state index contributed by atoms with van der Waals surface area (Å²) in [7, 11) is 0. The normalized spacial score (nSPS) is 11.1. The molecule has 0 spiro atoms. The van der Waals surface area contributed by atoms with Gasteiger partial charge in [-0.3, -0.25) is 4.79 Å². The maximum atomic E-state index is 10.3. The number of carbonyl (C=O) groups is 1. The largest absolute Gasteiger partial charge is 0.481 e. The van der Waals surface area contributed by atoms with Gasteiger partial charge in [-0.2, -0.15) is 0 Å². The lowest BCUT2D eigenvalue weighted by Crippen LogP contribution is -2.25. The van der Waals surface area contributed by atoms with Crippen molar-refractivity contribution >= 4 is 17.6 Å². The second-order valence-electron chi connectivity index (χ2n) is 3.05. The fourth-order valence-electron chi connectivity index (χ4n) is 1.21. The lowest BCUT2D eigenvalue weighted by molar-refractivity contribution is -0.137. The highest BCUT2D eigenvalue weighted by Gasteiger charge is 2.07. The third-order valence-electron chi connectivity index (χ3n) is 1.78. The van der Waals surface area contributed by atoms with Gasteiger partial charge in [-0.25, -0.2) is 0 Å². The van der Waals surface area contributed by atoms with Crippen LogP contribution in [0.3, 0.4) is 0 Å². The van der Waals surface area contributed by atoms with E-state index in [9.17, 15) is 4.79 Å². The van der Waals surface area contributed by atoms with Crippen molar-refractivity contribution in [3.8, 4) is 0 Å². The smallest absolute Gasteiger partial charge is 0.304 e. The number of hydrogen-bond acceptors (Lipinski definition) is 2. The first-order valence-corrected chi connectivity index (χ1v) is 5.33. The van der Waals surface area contributed by atoms with Gasteiger partial charge in [0, 0.05) is 12.4 Å². The Morgan fingerprint density at radius 1 is 1.40 bits per heavy atom. The summed E-state index contributed by atoms with van der Waals surface area (Å²) in [5, 5.41) is 8.48. The highest BCUT2D eigenvalue weighted by Crippen LogP contribution is 2.03. The first kappa shape index (κ1) is 13.9. The highest BCUT2D eigenvalue weighted by molar-refractivity contribution is 6.15. The lowest BCUT2D eigenvalue weighted by atomic mass is 10.0. The van der Waals surface area contributed by atoms with Crippen LogP contribution in [-0.2, 0) is 11.2 Å². The van der Waals surface area contributed by atoms with Gasteiger partial charge >= 0.3 is 5.97 Å². The average molecular weight is 230 g/mol. The Bertz CT molecular complexity index is 277. The molecule has 0 aliphatic rings. The summed E-state index contributed by atoms with van der Waals surface area (Å²) in [6, 6.07) is 9.36. The fraction of sp³-hybridized carbons (Fsp3) is 0.364. The van der Waals surface area contributed by atoms with Crippen LogP contribution in [0.1, 0.15) is 12.0 Å². The third-order valence-corrected chi connectivity index (χ3v) is 1.78. The molecule has 0 fully saturated rings. The molecule has 0 aliphatic heterocycles. The van der Waals surface area contributed by atoms with Crippen molar-refractivity contribution in [3.63, 3.8) is 0 Å². The Labute approximate surface area is 94.9 Å². The molecule has 15 heavy (non-hydrogen) atoms. The van der Waals surface area contributed by atoms with Gasteiger partial charge in [0.1, 0.15) is 0 Å². The lowest BCUT2D eigenvalue weighted by Gasteiger charge is -2.07. The molecule has 1 atom stereocenters. The number of alkyl halides is 1. The van der Waals surface area contributed by atoms with Crippen LogP contribution in [0, 0.1) is 0 Å². The fourth-order valence-corrected chi connectivity index (χ4v) is 1.21. The topological polar surface area (TPSA) is 63.3 Å². The Morgan fingerprint density at radius 3 is 2.40 bits per heavy atom. The molecule has 0 radical (unpaired) electrons. The number of nitrogens with two attached hydrogens (primary N) is 1. The summed E-state index contributed by atoms with van der Waals surface area (Å²) in [6.07, 6.45) is 2.11. The van der Waals surface area contributed by atoms with E-state index in [4.69, 9.17) is 10.8 Å². The highest BCUT2D eigenvalue weighted by atomic mass is 35.5. The third kappa shape index (κ3) is 6.94. The summed E-state index contributed by atoms with van der Waals surface area (Å²) in [6.45, 7) is 0. The van der Waals surface area contributed by atoms with E-state index in [2.05, 4.69) is 11.6 Å². The molecule has 1 aromatic carbocycles. The minimum absolute atomic E-state index is 0.0227. The van der Waals surface area contributed by atoms with Crippen LogP contribution in [0.4, 0.5) is 0 Å². The maximum Gasteiger partial charge on any atom is 0.304 e. The molecule has 3 N–H and O–H groups in total. The van der Waals surface area contributed by atoms with Gasteiger partial charge in [0.2, 0.25) is 0 Å². The molecule has 1 rings (SSSR count). The van der Waals surface area contributed by atoms with Crippen molar-refractivity contribution < 1.29 is 9.90 Å². The molecule has 1 aromatic rings. The van der Waals surface area contributed by atoms with Crippen LogP contribution in [0.2, 0.25) is 0 Å². The molecule has 0 bridgehead atoms. The maximum absolute atomic E-state index is 10.3. The molecule has 0 heterocycles. The quantitative estimate of drug-likeness (QED) is 0.775. The SMILES string of the molecule is CCl.N[C@H](CC(=O)O)Cc1ccccc1. The number of hydrogen-bond donors (Lipinski definition) is 2. The Kier molecular flexibility index (Phi) is 7.68. The zero-order chi connectivity index (χ0) is 11.7. The van der Waals surface area contributed by atoms with E-state index in [0.717, 1.165) is 5.56 Å². The van der Waals surface area contributed by atoms with E-state index in [-0.39, 0.29) is 12.5 Å². The predicted molar refractivity (Wildman–Crippen MR) is 62.2 cm³/mol. The monoisotopic (exact) mass is 229 g/mol. The average Bonchev–Trinajstić information content (AvgIpc) is 2.21. The number of rotatable bonds is 4. The van der Waals surface area contributed by atoms with Gasteiger partial charge in [-0.15, -0.1) is 11.6 Å². The molecule has 84 valence electrons. The molecule has 3 nitrogen and oxygen atoms in total. The molecule has 0 unspecified atom stereocenters. The van der Waals surface area contributed by atoms with Crippen LogP contribution >= 0.6 is 11.6 Å². The van der Waals surface area contributed by atoms with Gasteiger partial charge in [0.25, 0.3) is 0 Å². The number of benzene rings is 1. The molecule has 0 amide bonds. The van der Waals surface area contributed by atoms with Crippen LogP contribution in [0.25, 0.3) is 0 Å². The summed E-state index contributed by atoms with van der Waals surface area (Å²) in [5.74, 6) is -0.844. The minimum Gasteiger partial charge on any atom is -0.481 e. The van der Waals surface area contributed by atoms with Crippen molar-refractivity contribution in [3.05, 3.63) is 35.9 Å². The van der Waals surface area contributed by atoms with E-state index in [1.54, 1.807) is 0 Å². The van der Waals surface area contributed by atoms with E-state index < -0.39 is 5.97 Å². The second kappa shape index (κ2) is 8.26. The predicted octanol–water partition coefficient (Wildman–Crippen LogP) is 1.89. The Morgan fingerprint density at radius 2 is 1.93 bits per heavy atom. The minimum atomic E-state index is -0.844. The van der Waals surface area contributed by atoms with Gasteiger partial charge in [-0.05, 0) is 12.0 Å². The van der Waals surface area contributed by atoms with Crippen molar-refractivity contribution in [1.29, 1.82) is 0 Å². The first-order valence-electron chi connectivity index (χ1n) is 4.57. The number of halogens is 1. The second-order valence-corrected chi connectivity index (χ2v) is 3.05. The van der Waals surface area contributed by atoms with E-state index in [1.807, 2.05) is 30.3 Å². The molecule has 0 aromatic heterocycles. The summed E-state index contributed by atoms with van der Waals surface area (Å²) in [5.41, 5.74) is 6.71. The van der Waals surface area contributed by atoms with E-state index in [0.29, 0.717) is 6.42 Å². The molecular weight excluding hydrogens is 214 g/mol. The van der Waals surface area contributed by atoms with Crippen LogP contribution < -0.4 is 5.73 Å². The van der Waals surface area contributed by atoms with Crippen LogP contribution in [0.5, 0.6) is 0 Å². The van der Waals surface area contributed by atoms with Crippen molar-refractivity contribution in [1.82, 2.24) is 0 Å². The summed E-state index contributed by atoms with van der Waals surface area (Å²) in [4.78, 5) is 10.3. The molecule has 0 saturated carbocycles. The Balaban J connectivity index is 0.000000921. The number of aliphatic carboxylic acids is 1. The summed E-state index contributed by atoms with van der Waals surface area (Å²) >= 11 is 4.64. The zero-order valence-electron chi connectivity index (χ0n) is 8.69. The van der Waals surface area contributed by atoms with Gasteiger partial charge < -0.3 is 10.8 Å². The number of carboxylic acids is 1. The molecule has 0 aliphatic carbocycles. The Hall–Kier alpha value is -1.06. The van der Waals surface area contributed by atoms with Gasteiger partial charge in [0.05, 0.1) is 6.42 Å². The van der Waals surface area contributed by atoms with E-state index in [1.165, 1.54) is 6.38 Å². The first-order chi connectivity index (χ1) is 7.18. The van der Waals surface area contributed by atoms with E-state index >= 15 is 0 Å². The summed E-state index contributed by atoms with van der Waals surface area (Å²) < 4.78 is 0. The molecular formula is C11H16ClNO2. The molecule has 0 saturated heterocycles. The van der Waals surface area contributed by atoms with Crippen molar-refractivity contribution in [2.24, 2.45) is 5.73 Å². The van der Waals surface area contributed by atoms with Crippen molar-refractivity contribution in [2.45, 2.75) is 18.9 Å². The van der Waals surface area contributed by atoms with Crippen LogP contribution in [-0.4, -0.2) is 23.5 Å².